The van der Waals surface area contributed by atoms with Crippen LogP contribution in [0.4, 0.5) is 0 Å². The Bertz CT molecular complexity index is 713. The molecule has 2 aromatic rings. The zero-order chi connectivity index (χ0) is 19.7. The smallest absolute Gasteiger partial charge is 0.872 e. The maximum atomic E-state index is 11.2. The van der Waals surface area contributed by atoms with Gasteiger partial charge in [0.25, 0.3) is 0 Å². The number of halogens is 2. The molecule has 0 saturated carbocycles. The Morgan fingerprint density at radius 3 is 1.37 bits per heavy atom. The normalized spacial score (nSPS) is 11.0. The van der Waals surface area contributed by atoms with Crippen LogP contribution in [0.15, 0.2) is 46.4 Å². The van der Waals surface area contributed by atoms with E-state index < -0.39 is 0 Å². The van der Waals surface area contributed by atoms with Crippen molar-refractivity contribution in [3.05, 3.63) is 57.6 Å². The number of rotatable bonds is 4. The van der Waals surface area contributed by atoms with Gasteiger partial charge < -0.3 is 10.2 Å². The molecule has 0 saturated heterocycles. The predicted molar refractivity (Wildman–Crippen MR) is 107 cm³/mol. The van der Waals surface area contributed by atoms with Crippen molar-refractivity contribution in [1.82, 2.24) is 0 Å². The van der Waals surface area contributed by atoms with Crippen LogP contribution in [0, 0.1) is 0 Å². The van der Waals surface area contributed by atoms with Gasteiger partial charge in [0.2, 0.25) is 0 Å². The summed E-state index contributed by atoms with van der Waals surface area (Å²) in [6.45, 7) is 7.80. The molecule has 0 bridgehead atoms. The topological polar surface area (TPSA) is 70.8 Å². The molecule has 7 heteroatoms. The van der Waals surface area contributed by atoms with E-state index in [-0.39, 0.29) is 40.7 Å². The van der Waals surface area contributed by atoms with E-state index in [0.29, 0.717) is 21.2 Å². The summed E-state index contributed by atoms with van der Waals surface area (Å²) in [6.07, 6.45) is 3.14. The molecule has 0 aliphatic heterocycles. The van der Waals surface area contributed by atoms with Gasteiger partial charge in [-0.3, -0.25) is 9.98 Å². The number of nitrogens with zero attached hydrogens (tertiary/aromatic N) is 2. The first-order valence-electron chi connectivity index (χ1n) is 8.18. The van der Waals surface area contributed by atoms with Gasteiger partial charge in [-0.25, -0.2) is 0 Å². The molecule has 0 unspecified atom stereocenters. The number of hydrogen-bond donors (Lipinski definition) is 0. The molecule has 0 aliphatic rings. The summed E-state index contributed by atoms with van der Waals surface area (Å²) in [7, 11) is 0. The molecule has 2 rings (SSSR count). The number of benzene rings is 2. The Morgan fingerprint density at radius 1 is 0.741 bits per heavy atom. The van der Waals surface area contributed by atoms with Crippen LogP contribution in [0.1, 0.15) is 38.8 Å². The molecule has 2 aromatic carbocycles. The molecule has 1 radical (unpaired) electrons. The molecule has 0 amide bonds. The maximum Gasteiger partial charge on any atom is 2.00 e. The van der Waals surface area contributed by atoms with Crippen LogP contribution in [0.2, 0.25) is 10.0 Å². The SMILES string of the molecule is CC(C)N=Cc1cc(Cl)ccc1[O-].CC(C)N=Cc1cc(Cl)ccc1[O-].[Cu+2]. The van der Waals surface area contributed by atoms with Crippen molar-refractivity contribution in [3.8, 4) is 11.5 Å². The summed E-state index contributed by atoms with van der Waals surface area (Å²) in [5, 5.41) is 23.6. The summed E-state index contributed by atoms with van der Waals surface area (Å²) >= 11 is 11.5. The van der Waals surface area contributed by atoms with E-state index in [9.17, 15) is 10.2 Å². The van der Waals surface area contributed by atoms with Gasteiger partial charge in [-0.05, 0) is 63.1 Å². The van der Waals surface area contributed by atoms with Crippen LogP contribution < -0.4 is 10.2 Å². The fraction of sp³-hybridized carbons (Fsp3) is 0.300. The maximum absolute atomic E-state index is 11.2. The molecule has 0 spiro atoms. The average molecular weight is 457 g/mol. The van der Waals surface area contributed by atoms with Crippen LogP contribution >= 0.6 is 23.2 Å². The molecule has 0 heterocycles. The monoisotopic (exact) mass is 455 g/mol. The van der Waals surface area contributed by atoms with E-state index in [1.54, 1.807) is 36.7 Å². The largest absolute Gasteiger partial charge is 2.00 e. The van der Waals surface area contributed by atoms with E-state index in [1.807, 2.05) is 27.7 Å². The van der Waals surface area contributed by atoms with Gasteiger partial charge in [0.15, 0.2) is 0 Å². The van der Waals surface area contributed by atoms with Crippen molar-refractivity contribution < 1.29 is 27.3 Å². The molecule has 27 heavy (non-hydrogen) atoms. The van der Waals surface area contributed by atoms with Gasteiger partial charge in [0.05, 0.1) is 0 Å². The second kappa shape index (κ2) is 12.8. The molecule has 0 atom stereocenters. The van der Waals surface area contributed by atoms with E-state index >= 15 is 0 Å². The van der Waals surface area contributed by atoms with E-state index in [0.717, 1.165) is 0 Å². The standard InChI is InChI=1S/2C10H12ClNO.Cu/c2*1-7(2)12-6-8-5-9(11)3-4-10(8)13;/h2*3-7,13H,1-2H3;/q;;+2/p-2. The van der Waals surface area contributed by atoms with Crippen molar-refractivity contribution >= 4 is 35.6 Å². The molecule has 0 aliphatic carbocycles. The summed E-state index contributed by atoms with van der Waals surface area (Å²) < 4.78 is 0. The number of hydrogen-bond acceptors (Lipinski definition) is 4. The molecule has 0 N–H and O–H groups in total. The second-order valence-corrected chi connectivity index (χ2v) is 6.98. The van der Waals surface area contributed by atoms with Crippen molar-refractivity contribution in [2.45, 2.75) is 39.8 Å². The second-order valence-electron chi connectivity index (χ2n) is 6.11. The molecule has 149 valence electrons. The first kappa shape index (κ1) is 25.5. The van der Waals surface area contributed by atoms with Gasteiger partial charge in [0.1, 0.15) is 0 Å². The Labute approximate surface area is 181 Å². The first-order valence-corrected chi connectivity index (χ1v) is 8.94. The minimum absolute atomic E-state index is 0. The van der Waals surface area contributed by atoms with Crippen molar-refractivity contribution in [1.29, 1.82) is 0 Å². The van der Waals surface area contributed by atoms with Gasteiger partial charge in [0, 0.05) is 34.6 Å². The van der Waals surface area contributed by atoms with Gasteiger partial charge in [-0.2, -0.15) is 0 Å². The van der Waals surface area contributed by atoms with Crippen LogP contribution in [0.3, 0.4) is 0 Å². The van der Waals surface area contributed by atoms with Crippen LogP contribution in [0.5, 0.6) is 11.5 Å². The first-order chi connectivity index (χ1) is 12.2. The van der Waals surface area contributed by atoms with Crippen LogP contribution in [-0.2, 0) is 17.1 Å². The van der Waals surface area contributed by atoms with Crippen LogP contribution in [0.25, 0.3) is 0 Å². The van der Waals surface area contributed by atoms with E-state index in [4.69, 9.17) is 23.2 Å². The van der Waals surface area contributed by atoms with Crippen molar-refractivity contribution in [2.24, 2.45) is 9.98 Å². The Kier molecular flexibility index (Phi) is 12.1. The van der Waals surface area contributed by atoms with Gasteiger partial charge >= 0.3 is 17.1 Å². The van der Waals surface area contributed by atoms with E-state index in [2.05, 4.69) is 9.98 Å². The minimum Gasteiger partial charge on any atom is -0.872 e. The van der Waals surface area contributed by atoms with Crippen LogP contribution in [-0.4, -0.2) is 24.5 Å². The summed E-state index contributed by atoms with van der Waals surface area (Å²) in [5.41, 5.74) is 1.09. The summed E-state index contributed by atoms with van der Waals surface area (Å²) in [4.78, 5) is 8.23. The summed E-state index contributed by atoms with van der Waals surface area (Å²) in [5.74, 6) is -0.0948. The Hall–Kier alpha value is -1.52. The zero-order valence-corrected chi connectivity index (χ0v) is 18.0. The van der Waals surface area contributed by atoms with Gasteiger partial charge in [-0.1, -0.05) is 46.8 Å². The van der Waals surface area contributed by atoms with E-state index in [1.165, 1.54) is 12.1 Å². The van der Waals surface area contributed by atoms with Gasteiger partial charge in [-0.15, -0.1) is 0 Å². The predicted octanol–water partition coefficient (Wildman–Crippen LogP) is 4.48. The summed E-state index contributed by atoms with van der Waals surface area (Å²) in [6, 6.07) is 9.68. The Balaban J connectivity index is 0.000000483. The van der Waals surface area contributed by atoms with Crippen molar-refractivity contribution in [2.75, 3.05) is 0 Å². The molecular weight excluding hydrogens is 435 g/mol. The average Bonchev–Trinajstić information content (AvgIpc) is 2.57. The third-order valence-electron chi connectivity index (χ3n) is 2.97. The molecule has 0 fully saturated rings. The molecular formula is C20H22Cl2CuN2O2. The van der Waals surface area contributed by atoms with Crippen molar-refractivity contribution in [3.63, 3.8) is 0 Å². The molecule has 0 aromatic heterocycles. The zero-order valence-electron chi connectivity index (χ0n) is 15.5. The third kappa shape index (κ3) is 10.4. The number of aliphatic imine (C=N–C) groups is 2. The molecule has 4 nitrogen and oxygen atoms in total. The quantitative estimate of drug-likeness (QED) is 0.502. The Morgan fingerprint density at radius 2 is 1.07 bits per heavy atom. The minimum atomic E-state index is -0.0474. The fourth-order valence-corrected chi connectivity index (χ4v) is 2.06. The fourth-order valence-electron chi connectivity index (χ4n) is 1.70. The third-order valence-corrected chi connectivity index (χ3v) is 3.44.